The van der Waals surface area contributed by atoms with Gasteiger partial charge in [-0.25, -0.2) is 0 Å². The van der Waals surface area contributed by atoms with Gasteiger partial charge in [-0.15, -0.1) is 0 Å². The van der Waals surface area contributed by atoms with E-state index >= 15 is 0 Å². The summed E-state index contributed by atoms with van der Waals surface area (Å²) in [6, 6.07) is 8.72. The van der Waals surface area contributed by atoms with E-state index < -0.39 is 22.4 Å². The predicted octanol–water partition coefficient (Wildman–Crippen LogP) is 4.79. The SMILES string of the molecule is BrCC1CC1.C.C.C.CO[C@]12CC[C@@]3(C[C@@H]1C(C)(C)O)C1Cc4ccc(O)c5c4C3(CCN1)C2O5.CO[C@]12CC[C@@]3(C[C@@H]1C(C)(C)O)C1Cc4ccc(O)c5c4C3(CCN1CC1CC1)C2O5.O=CO[O-].[K+]. The van der Waals surface area contributed by atoms with Gasteiger partial charge < -0.3 is 54.8 Å². The first-order chi connectivity index (χ1) is 31.9. The largest absolute Gasteiger partial charge is 1.00 e. The number of carbonyl (C=O) groups is 1. The second-order valence-corrected chi connectivity index (χ2v) is 24.6. The van der Waals surface area contributed by atoms with E-state index in [1.165, 1.54) is 59.8 Å². The summed E-state index contributed by atoms with van der Waals surface area (Å²) in [5.41, 5.74) is 2.35. The van der Waals surface area contributed by atoms with Crippen molar-refractivity contribution >= 4 is 22.4 Å². The van der Waals surface area contributed by atoms with Gasteiger partial charge in [0.05, 0.1) is 11.2 Å². The van der Waals surface area contributed by atoms with Crippen LogP contribution in [0.3, 0.4) is 0 Å². The number of phenols is 2. The molecular weight excluding hydrogens is 996 g/mol. The second-order valence-electron chi connectivity index (χ2n) is 23.9. The second kappa shape index (κ2) is 19.8. The smallest absolute Gasteiger partial charge is 0.662 e. The minimum Gasteiger partial charge on any atom is -0.662 e. The molecule has 8 bridgehead atoms. The molecule has 71 heavy (non-hydrogen) atoms. The molecule has 16 rings (SSSR count). The summed E-state index contributed by atoms with van der Waals surface area (Å²) in [6.45, 7) is 10.8. The number of nitrogens with one attached hydrogen (secondary N) is 1. The maximum Gasteiger partial charge on any atom is 1.00 e. The van der Waals surface area contributed by atoms with E-state index in [9.17, 15) is 20.4 Å². The number of hydrogen-bond acceptors (Lipinski definition) is 13. The van der Waals surface area contributed by atoms with E-state index in [2.05, 4.69) is 43.2 Å². The van der Waals surface area contributed by atoms with E-state index in [1.54, 1.807) is 13.2 Å². The Morgan fingerprint density at radius 3 is 1.69 bits per heavy atom. The van der Waals surface area contributed by atoms with Crippen molar-refractivity contribution in [3.05, 3.63) is 46.5 Å². The number of nitrogens with zero attached hydrogens (tertiary/aromatic N) is 1. The van der Waals surface area contributed by atoms with Crippen LogP contribution in [0.4, 0.5) is 0 Å². The van der Waals surface area contributed by atoms with Crippen molar-refractivity contribution in [1.29, 1.82) is 0 Å². The first kappa shape index (κ1) is 57.6. The number of halogens is 1. The predicted molar refractivity (Wildman–Crippen MR) is 270 cm³/mol. The normalized spacial score (nSPS) is 39.1. The van der Waals surface area contributed by atoms with Crippen LogP contribution in [-0.4, -0.2) is 118 Å². The molecule has 10 aliphatic carbocycles. The summed E-state index contributed by atoms with van der Waals surface area (Å²) >= 11 is 3.38. The van der Waals surface area contributed by atoms with Crippen LogP contribution in [0, 0.1) is 34.5 Å². The molecule has 12 atom stereocenters. The summed E-state index contributed by atoms with van der Waals surface area (Å²) in [5.74, 6) is 3.84. The van der Waals surface area contributed by atoms with Crippen molar-refractivity contribution in [1.82, 2.24) is 10.2 Å². The molecule has 0 radical (unpaired) electrons. The van der Waals surface area contributed by atoms with Gasteiger partial charge in [-0.2, -0.15) is 0 Å². The number of benzene rings is 2. The fraction of sp³-hybridized carbons (Fsp3) is 0.768. The minimum atomic E-state index is -0.847. The van der Waals surface area contributed by atoms with Crippen LogP contribution in [0.2, 0.25) is 0 Å². The molecule has 4 spiro atoms. The molecule has 10 fully saturated rings. The topological polar surface area (TPSA) is 182 Å². The number of hydrogen-bond donors (Lipinski definition) is 5. The average molecular weight is 1080 g/mol. The van der Waals surface area contributed by atoms with Gasteiger partial charge in [-0.3, -0.25) is 9.69 Å². The molecule has 2 aromatic carbocycles. The van der Waals surface area contributed by atoms with Gasteiger partial charge in [0.15, 0.2) is 23.0 Å². The summed E-state index contributed by atoms with van der Waals surface area (Å²) in [6.07, 6.45) is 15.4. The van der Waals surface area contributed by atoms with E-state index in [1.807, 2.05) is 40.9 Å². The van der Waals surface area contributed by atoms with Crippen LogP contribution < -0.4 is 71.4 Å². The van der Waals surface area contributed by atoms with Gasteiger partial charge in [0.1, 0.15) is 23.4 Å². The third kappa shape index (κ3) is 7.81. The number of methoxy groups -OCH3 is 2. The molecule has 15 heteroatoms. The third-order valence-electron chi connectivity index (χ3n) is 20.5. The Balaban J connectivity index is 0.000000171. The van der Waals surface area contributed by atoms with Gasteiger partial charge in [0.2, 0.25) is 0 Å². The molecular formula is C56H84BrKN2O11. The molecule has 0 amide bonds. The third-order valence-corrected chi connectivity index (χ3v) is 21.4. The summed E-state index contributed by atoms with van der Waals surface area (Å²) in [7, 11) is 3.59. The number of likely N-dealkylation sites (tertiary alicyclic amines) is 1. The molecule has 5 N–H and O–H groups in total. The monoisotopic (exact) mass is 1080 g/mol. The fourth-order valence-electron chi connectivity index (χ4n) is 17.7. The molecule has 13 nitrogen and oxygen atoms in total. The Labute approximate surface area is 474 Å². The Morgan fingerprint density at radius 1 is 0.761 bits per heavy atom. The maximum absolute atomic E-state index is 11.4. The summed E-state index contributed by atoms with van der Waals surface area (Å²) in [4.78, 5) is 14.1. The fourth-order valence-corrected chi connectivity index (χ4v) is 18.3. The van der Waals surface area contributed by atoms with Gasteiger partial charge in [0, 0.05) is 82.8 Å². The Bertz CT molecular complexity index is 2300. The van der Waals surface area contributed by atoms with E-state index in [0.717, 1.165) is 89.1 Å². The van der Waals surface area contributed by atoms with Crippen LogP contribution in [0.25, 0.3) is 0 Å². The Hall–Kier alpha value is -1.05. The number of rotatable bonds is 8. The molecule has 4 aliphatic heterocycles. The van der Waals surface area contributed by atoms with Gasteiger partial charge in [-0.1, -0.05) is 50.3 Å². The van der Waals surface area contributed by atoms with Gasteiger partial charge >= 0.3 is 51.4 Å². The molecule has 2 aromatic rings. The first-order valence-electron chi connectivity index (χ1n) is 25.3. The average Bonchev–Trinajstić information content (AvgIpc) is 4.25. The van der Waals surface area contributed by atoms with Crippen LogP contribution in [-0.2, 0) is 42.8 Å². The Kier molecular flexibility index (Phi) is 16.0. The maximum atomic E-state index is 11.4. The number of aromatic hydroxyl groups is 2. The molecule has 14 aliphatic rings. The standard InChI is InChI=1S/C26H35NO4.C22H29NO4.C4H7Br.CH2O3.3CH4.K/c1-23(2,29)18-13-24-8-9-26(18,30-3)22-25(24)10-11-27(14-15-4-5-15)19(24)12-16-6-7-17(28)21(31-22)20(16)25;1-19(2,25)14-11-20-6-7-22(14,26-3)18-21(20)8-9-23-15(20)10-12-4-5-13(24)17(27-18)16(12)21;5-3-4-1-2-4;2-1-4-3;;;;/h6-7,15,18-19,22,28-29H,4-5,8-14H2,1-3H3;4-5,14-15,18,23-25H,6-11H2,1-3H3;4H,1-3H2;1,3H;3*1H4;/q;;;;;;;+1/p-1/t18-,19?,22?,24-,25?,26-;14-,15?,18?,20-,21?,22-;;;;;;/m11....../s1. The van der Waals surface area contributed by atoms with E-state index in [4.69, 9.17) is 29.0 Å². The van der Waals surface area contributed by atoms with Crippen molar-refractivity contribution in [3.63, 3.8) is 0 Å². The zero-order valence-corrected chi connectivity index (χ0v) is 45.9. The number of fused-ring (bicyclic) bond motifs is 4. The number of ether oxygens (including phenoxy) is 4. The number of carbonyl (C=O) groups excluding carboxylic acids is 1. The first-order valence-corrected chi connectivity index (χ1v) is 26.4. The minimum absolute atomic E-state index is 0. The van der Waals surface area contributed by atoms with Crippen LogP contribution >= 0.6 is 15.9 Å². The Morgan fingerprint density at radius 2 is 1.24 bits per heavy atom. The van der Waals surface area contributed by atoms with Crippen LogP contribution in [0.15, 0.2) is 24.3 Å². The molecule has 8 saturated carbocycles. The van der Waals surface area contributed by atoms with Crippen LogP contribution in [0.5, 0.6) is 23.0 Å². The van der Waals surface area contributed by atoms with Crippen molar-refractivity contribution < 1.29 is 106 Å². The van der Waals surface area contributed by atoms with Crippen LogP contribution in [0.1, 0.15) is 149 Å². The number of alkyl halides is 1. The quantitative estimate of drug-likeness (QED) is 0.0802. The number of piperidine rings is 2. The number of aliphatic hydroxyl groups is 2. The molecule has 6 unspecified atom stereocenters. The number of phenolic OH excluding ortho intramolecular Hbond substituents is 2. The summed E-state index contributed by atoms with van der Waals surface area (Å²) in [5, 5.41) is 57.5. The van der Waals surface area contributed by atoms with Crippen molar-refractivity contribution in [2.24, 2.45) is 34.5 Å². The summed E-state index contributed by atoms with van der Waals surface area (Å²) < 4.78 is 26.1. The zero-order valence-electron chi connectivity index (χ0n) is 41.2. The van der Waals surface area contributed by atoms with Crippen molar-refractivity contribution in [2.45, 2.75) is 197 Å². The van der Waals surface area contributed by atoms with Crippen molar-refractivity contribution in [3.8, 4) is 23.0 Å². The van der Waals surface area contributed by atoms with Crippen molar-refractivity contribution in [2.75, 3.05) is 39.2 Å². The van der Waals surface area contributed by atoms with Gasteiger partial charge in [-0.05, 0) is 166 Å². The van der Waals surface area contributed by atoms with E-state index in [-0.39, 0.29) is 137 Å². The zero-order chi connectivity index (χ0) is 47.3. The van der Waals surface area contributed by atoms with Gasteiger partial charge in [0.25, 0.3) is 6.47 Å². The molecule has 0 aromatic heterocycles. The molecule has 2 saturated heterocycles. The molecule has 4 heterocycles. The molecule has 392 valence electrons. The van der Waals surface area contributed by atoms with E-state index in [0.29, 0.717) is 23.6 Å².